The molecule has 0 saturated heterocycles. The first-order chi connectivity index (χ1) is 6.66. The van der Waals surface area contributed by atoms with Gasteiger partial charge in [-0.25, -0.2) is 0 Å². The van der Waals surface area contributed by atoms with E-state index in [1.807, 2.05) is 6.92 Å². The van der Waals surface area contributed by atoms with Crippen molar-refractivity contribution < 1.29 is 0 Å². The second kappa shape index (κ2) is 4.72. The maximum absolute atomic E-state index is 8.70. The van der Waals surface area contributed by atoms with Gasteiger partial charge in [-0.15, -0.1) is 0 Å². The normalized spacial score (nSPS) is 13.1. The van der Waals surface area contributed by atoms with Crippen LogP contribution in [0, 0.1) is 11.3 Å². The van der Waals surface area contributed by atoms with E-state index in [2.05, 4.69) is 40.2 Å². The quantitative estimate of drug-likeness (QED) is 0.727. The number of aromatic nitrogens is 3. The number of nitriles is 1. The van der Waals surface area contributed by atoms with Crippen LogP contribution in [0.4, 0.5) is 0 Å². The summed E-state index contributed by atoms with van der Waals surface area (Å²) in [4.78, 5) is 2.07. The third-order valence-electron chi connectivity index (χ3n) is 2.28. The van der Waals surface area contributed by atoms with Crippen molar-refractivity contribution in [2.75, 3.05) is 6.54 Å². The van der Waals surface area contributed by atoms with E-state index in [4.69, 9.17) is 5.26 Å². The molecule has 0 spiro atoms. The van der Waals surface area contributed by atoms with Gasteiger partial charge in [0.1, 0.15) is 0 Å². The minimum atomic E-state index is 0.119. The number of nitrogens with one attached hydrogen (secondary N) is 1. The Morgan fingerprint density at radius 1 is 1.57 bits per heavy atom. The van der Waals surface area contributed by atoms with Crippen molar-refractivity contribution in [2.24, 2.45) is 0 Å². The molecule has 1 heterocycles. The summed E-state index contributed by atoms with van der Waals surface area (Å²) in [6.45, 7) is 6.56. The fourth-order valence-corrected chi connectivity index (χ4v) is 1.43. The molecule has 5 nitrogen and oxygen atoms in total. The molecule has 0 aliphatic heterocycles. The molecule has 0 saturated carbocycles. The average Bonchev–Trinajstić information content (AvgIpc) is 2.65. The summed E-state index contributed by atoms with van der Waals surface area (Å²) in [5.41, 5.74) is 0.869. The third-order valence-corrected chi connectivity index (χ3v) is 2.28. The molecule has 5 heteroatoms. The Kier molecular flexibility index (Phi) is 3.60. The molecule has 0 aliphatic rings. The van der Waals surface area contributed by atoms with E-state index >= 15 is 0 Å². The highest BCUT2D eigenvalue weighted by molar-refractivity contribution is 5.00. The zero-order valence-corrected chi connectivity index (χ0v) is 8.73. The Labute approximate surface area is 83.7 Å². The van der Waals surface area contributed by atoms with Gasteiger partial charge in [-0.1, -0.05) is 0 Å². The second-order valence-corrected chi connectivity index (χ2v) is 3.50. The number of hydrogen-bond acceptors (Lipinski definition) is 4. The Balaban J connectivity index is 2.74. The van der Waals surface area contributed by atoms with Gasteiger partial charge >= 0.3 is 0 Å². The number of rotatable bonds is 4. The van der Waals surface area contributed by atoms with Crippen molar-refractivity contribution in [1.82, 2.24) is 20.3 Å². The summed E-state index contributed by atoms with van der Waals surface area (Å²) in [5.74, 6) is 0. The predicted octanol–water partition coefficient (Wildman–Crippen LogP) is 1.10. The standard InChI is InChI=1S/C9H15N5/c1-7(2)14(5-4-10)8(3)9-6-11-13-12-9/h6-8H,5H2,1-3H3,(H,11,12,13). The van der Waals surface area contributed by atoms with Gasteiger partial charge in [0, 0.05) is 6.04 Å². The molecule has 0 radical (unpaired) electrons. The Morgan fingerprint density at radius 3 is 2.71 bits per heavy atom. The first-order valence-electron chi connectivity index (χ1n) is 4.65. The van der Waals surface area contributed by atoms with Crippen LogP contribution in [0.3, 0.4) is 0 Å². The average molecular weight is 193 g/mol. The van der Waals surface area contributed by atoms with Crippen molar-refractivity contribution in [1.29, 1.82) is 5.26 Å². The number of aromatic amines is 1. The van der Waals surface area contributed by atoms with Gasteiger partial charge in [-0.2, -0.15) is 20.7 Å². The van der Waals surface area contributed by atoms with E-state index < -0.39 is 0 Å². The SMILES string of the molecule is CC(C)N(CC#N)C(C)c1cn[nH]n1. The second-order valence-electron chi connectivity index (χ2n) is 3.50. The fraction of sp³-hybridized carbons (Fsp3) is 0.667. The van der Waals surface area contributed by atoms with Crippen LogP contribution >= 0.6 is 0 Å². The zero-order valence-electron chi connectivity index (χ0n) is 8.73. The lowest BCUT2D eigenvalue weighted by molar-refractivity contribution is 0.184. The Bertz CT molecular complexity index is 298. The van der Waals surface area contributed by atoms with E-state index in [0.717, 1.165) is 5.69 Å². The number of H-pyrrole nitrogens is 1. The minimum Gasteiger partial charge on any atom is -0.280 e. The lowest BCUT2D eigenvalue weighted by atomic mass is 10.2. The molecule has 1 N–H and O–H groups in total. The summed E-state index contributed by atoms with van der Waals surface area (Å²) >= 11 is 0. The van der Waals surface area contributed by atoms with E-state index in [0.29, 0.717) is 12.6 Å². The van der Waals surface area contributed by atoms with Crippen molar-refractivity contribution in [3.8, 4) is 6.07 Å². The van der Waals surface area contributed by atoms with Crippen molar-refractivity contribution in [2.45, 2.75) is 32.9 Å². The molecule has 1 atom stereocenters. The van der Waals surface area contributed by atoms with Crippen LogP contribution in [0.5, 0.6) is 0 Å². The topological polar surface area (TPSA) is 68.6 Å². The molecule has 1 unspecified atom stereocenters. The first-order valence-corrected chi connectivity index (χ1v) is 4.65. The summed E-state index contributed by atoms with van der Waals surface area (Å²) in [6.07, 6.45) is 1.69. The molecule has 0 aromatic carbocycles. The lowest BCUT2D eigenvalue weighted by Crippen LogP contribution is -2.34. The van der Waals surface area contributed by atoms with E-state index in [1.165, 1.54) is 0 Å². The van der Waals surface area contributed by atoms with Gasteiger partial charge in [0.15, 0.2) is 0 Å². The number of hydrogen-bond donors (Lipinski definition) is 1. The first kappa shape index (κ1) is 10.7. The van der Waals surface area contributed by atoms with Gasteiger partial charge in [0.25, 0.3) is 0 Å². The minimum absolute atomic E-state index is 0.119. The summed E-state index contributed by atoms with van der Waals surface area (Å²) in [6, 6.07) is 2.60. The largest absolute Gasteiger partial charge is 0.280 e. The van der Waals surface area contributed by atoms with E-state index in [1.54, 1.807) is 6.20 Å². The third kappa shape index (κ3) is 2.30. The maximum atomic E-state index is 8.70. The lowest BCUT2D eigenvalue weighted by Gasteiger charge is -2.28. The van der Waals surface area contributed by atoms with Crippen LogP contribution in [-0.2, 0) is 0 Å². The highest BCUT2D eigenvalue weighted by Gasteiger charge is 2.19. The molecule has 0 aliphatic carbocycles. The zero-order chi connectivity index (χ0) is 10.6. The molecule has 0 amide bonds. The van der Waals surface area contributed by atoms with E-state index in [-0.39, 0.29) is 6.04 Å². The highest BCUT2D eigenvalue weighted by atomic mass is 15.3. The van der Waals surface area contributed by atoms with Crippen LogP contribution in [0.25, 0.3) is 0 Å². The van der Waals surface area contributed by atoms with Gasteiger partial charge < -0.3 is 0 Å². The molecule has 0 fully saturated rings. The van der Waals surface area contributed by atoms with Crippen molar-refractivity contribution in [3.63, 3.8) is 0 Å². The molecule has 14 heavy (non-hydrogen) atoms. The number of nitrogens with zero attached hydrogens (tertiary/aromatic N) is 4. The Hall–Kier alpha value is -1.41. The fourth-order valence-electron chi connectivity index (χ4n) is 1.43. The molecule has 0 bridgehead atoms. The maximum Gasteiger partial charge on any atom is 0.0993 e. The smallest absolute Gasteiger partial charge is 0.0993 e. The van der Waals surface area contributed by atoms with Gasteiger partial charge in [0.05, 0.1) is 30.5 Å². The molecule has 1 aromatic rings. The molecular formula is C9H15N5. The van der Waals surface area contributed by atoms with Crippen LogP contribution in [0.15, 0.2) is 6.20 Å². The van der Waals surface area contributed by atoms with Gasteiger partial charge in [-0.3, -0.25) is 4.90 Å². The van der Waals surface area contributed by atoms with Gasteiger partial charge in [0.2, 0.25) is 0 Å². The summed E-state index contributed by atoms with van der Waals surface area (Å²) < 4.78 is 0. The van der Waals surface area contributed by atoms with Crippen LogP contribution in [0.2, 0.25) is 0 Å². The molecular weight excluding hydrogens is 178 g/mol. The predicted molar refractivity (Wildman–Crippen MR) is 52.3 cm³/mol. The van der Waals surface area contributed by atoms with Crippen LogP contribution in [-0.4, -0.2) is 32.9 Å². The van der Waals surface area contributed by atoms with Crippen molar-refractivity contribution >= 4 is 0 Å². The monoisotopic (exact) mass is 193 g/mol. The van der Waals surface area contributed by atoms with Crippen LogP contribution in [0.1, 0.15) is 32.5 Å². The Morgan fingerprint density at radius 2 is 2.29 bits per heavy atom. The molecule has 1 aromatic heterocycles. The molecule has 76 valence electrons. The summed E-state index contributed by atoms with van der Waals surface area (Å²) in [5, 5.41) is 19.0. The van der Waals surface area contributed by atoms with E-state index in [9.17, 15) is 0 Å². The highest BCUT2D eigenvalue weighted by Crippen LogP contribution is 2.18. The van der Waals surface area contributed by atoms with Crippen LogP contribution < -0.4 is 0 Å². The molecule has 1 rings (SSSR count). The van der Waals surface area contributed by atoms with Crippen molar-refractivity contribution in [3.05, 3.63) is 11.9 Å². The summed E-state index contributed by atoms with van der Waals surface area (Å²) in [7, 11) is 0. The van der Waals surface area contributed by atoms with Gasteiger partial charge in [-0.05, 0) is 20.8 Å².